The molecule has 388 valence electrons. The van der Waals surface area contributed by atoms with Crippen LogP contribution < -0.4 is 0 Å². The van der Waals surface area contributed by atoms with E-state index in [2.05, 4.69) is 269 Å². The van der Waals surface area contributed by atoms with Crippen LogP contribution in [0.2, 0.25) is 0 Å². The molecule has 8 aromatic rings. The van der Waals surface area contributed by atoms with Crippen molar-refractivity contribution in [1.82, 2.24) is 0 Å². The topological polar surface area (TPSA) is 0 Å². The number of benzene rings is 8. The summed E-state index contributed by atoms with van der Waals surface area (Å²) in [5.41, 5.74) is 20.1. The van der Waals surface area contributed by atoms with E-state index < -0.39 is 0 Å². The molecule has 0 fully saturated rings. The van der Waals surface area contributed by atoms with Gasteiger partial charge in [0.2, 0.25) is 0 Å². The number of hydrogen-bond acceptors (Lipinski definition) is 0. The minimum absolute atomic E-state index is 0.967. The molecule has 0 atom stereocenters. The molecule has 8 aromatic carbocycles. The van der Waals surface area contributed by atoms with Gasteiger partial charge < -0.3 is 0 Å². The second-order valence-corrected chi connectivity index (χ2v) is 20.7. The first-order valence-electron chi connectivity index (χ1n) is 29.1. The van der Waals surface area contributed by atoms with E-state index in [1.807, 2.05) is 0 Å². The van der Waals surface area contributed by atoms with Gasteiger partial charge >= 0.3 is 0 Å². The summed E-state index contributed by atoms with van der Waals surface area (Å²) in [6.45, 7) is 9.01. The van der Waals surface area contributed by atoms with Gasteiger partial charge in [-0.05, 0) is 204 Å². The summed E-state index contributed by atoms with van der Waals surface area (Å²) < 4.78 is 0. The van der Waals surface area contributed by atoms with Gasteiger partial charge in [0.15, 0.2) is 0 Å². The Hall–Kier alpha value is -8.26. The first-order chi connectivity index (χ1) is 38.5. The van der Waals surface area contributed by atoms with Crippen LogP contribution in [0.25, 0.3) is 11.1 Å². The third kappa shape index (κ3) is 17.4. The minimum atomic E-state index is 0.967. The maximum Gasteiger partial charge on any atom is 0.0249 e. The summed E-state index contributed by atoms with van der Waals surface area (Å²) in [6, 6.07) is 70.1. The maximum atomic E-state index is 3.46. The molecule has 0 heteroatoms. The standard InChI is InChI=1S/C78H76/c1-5-9-13-17-61-21-29-65(30-22-61)37-41-69-45-53-73(54-46-69)77(74-55-47-70(48-56-74)42-38-66-31-23-62(24-32-66)18-14-10-6-2)78(75-57-49-71(50-58-75)43-39-67-33-25-63(26-34-67)19-15-11-7-3)76-59-51-72(52-60-76)44-40-68-35-27-64(28-36-68)20-16-12-8-4/h21-36,45-60H,5-20H2,1-4H3. The minimum Gasteiger partial charge on any atom is -0.0654 e. The highest BCUT2D eigenvalue weighted by Gasteiger charge is 2.17. The van der Waals surface area contributed by atoms with Crippen LogP contribution in [0.1, 0.15) is 194 Å². The fraction of sp³-hybridized carbons (Fsp3) is 0.256. The molecule has 0 N–H and O–H groups in total. The first-order valence-corrected chi connectivity index (χ1v) is 29.1. The van der Waals surface area contributed by atoms with E-state index in [-0.39, 0.29) is 0 Å². The Kier molecular flexibility index (Phi) is 21.9. The summed E-state index contributed by atoms with van der Waals surface area (Å²) in [5, 5.41) is 0. The van der Waals surface area contributed by atoms with Crippen LogP contribution in [0, 0.1) is 47.4 Å². The Morgan fingerprint density at radius 3 is 0.513 bits per heavy atom. The molecule has 0 spiro atoms. The van der Waals surface area contributed by atoms with Crippen molar-refractivity contribution in [1.29, 1.82) is 0 Å². The maximum absolute atomic E-state index is 3.46. The molecular weight excluding hydrogens is 937 g/mol. The van der Waals surface area contributed by atoms with E-state index in [0.717, 1.165) is 104 Å². The van der Waals surface area contributed by atoms with Crippen LogP contribution in [0.4, 0.5) is 0 Å². The van der Waals surface area contributed by atoms with Gasteiger partial charge in [-0.3, -0.25) is 0 Å². The van der Waals surface area contributed by atoms with Gasteiger partial charge in [-0.25, -0.2) is 0 Å². The van der Waals surface area contributed by atoms with Gasteiger partial charge in [0.1, 0.15) is 0 Å². The van der Waals surface area contributed by atoms with Gasteiger partial charge in [-0.2, -0.15) is 0 Å². The van der Waals surface area contributed by atoms with E-state index >= 15 is 0 Å². The van der Waals surface area contributed by atoms with Gasteiger partial charge in [0.05, 0.1) is 0 Å². The lowest BCUT2D eigenvalue weighted by Crippen LogP contribution is -1.98. The Morgan fingerprint density at radius 1 is 0.205 bits per heavy atom. The zero-order valence-electron chi connectivity index (χ0n) is 46.8. The monoisotopic (exact) mass is 1010 g/mol. The number of aryl methyl sites for hydroxylation is 4. The zero-order valence-corrected chi connectivity index (χ0v) is 46.8. The van der Waals surface area contributed by atoms with Gasteiger partial charge in [0.25, 0.3) is 0 Å². The highest BCUT2D eigenvalue weighted by Crippen LogP contribution is 2.37. The molecule has 0 saturated heterocycles. The quantitative estimate of drug-likeness (QED) is 0.0405. The van der Waals surface area contributed by atoms with E-state index in [9.17, 15) is 0 Å². The van der Waals surface area contributed by atoms with Crippen LogP contribution in [0.5, 0.6) is 0 Å². The fourth-order valence-electron chi connectivity index (χ4n) is 9.70. The van der Waals surface area contributed by atoms with Crippen molar-refractivity contribution in [2.75, 3.05) is 0 Å². The van der Waals surface area contributed by atoms with Crippen molar-refractivity contribution in [3.63, 3.8) is 0 Å². The molecule has 0 aliphatic rings. The van der Waals surface area contributed by atoms with Crippen molar-refractivity contribution in [3.8, 4) is 47.4 Å². The Labute approximate surface area is 469 Å². The average molecular weight is 1010 g/mol. The summed E-state index contributed by atoms with van der Waals surface area (Å²) in [7, 11) is 0. The van der Waals surface area contributed by atoms with Crippen LogP contribution in [0.15, 0.2) is 194 Å². The lowest BCUT2D eigenvalue weighted by Gasteiger charge is -2.18. The first kappa shape index (κ1) is 56.0. The number of rotatable bonds is 20. The molecule has 0 amide bonds. The predicted molar refractivity (Wildman–Crippen MR) is 333 cm³/mol. The summed E-state index contributed by atoms with van der Waals surface area (Å²) in [4.78, 5) is 0. The number of hydrogen-bond donors (Lipinski definition) is 0. The van der Waals surface area contributed by atoms with Crippen molar-refractivity contribution in [2.45, 2.75) is 130 Å². The Balaban J connectivity index is 1.17. The van der Waals surface area contributed by atoms with Gasteiger partial charge in [-0.1, -0.05) is 223 Å². The SMILES string of the molecule is CCCCCc1ccc(C#Cc2ccc(C(=C(c3ccc(C#Cc4ccc(CCCCC)cc4)cc3)c3ccc(C#Cc4ccc(CCCCC)cc4)cc3)c3ccc(C#Cc4ccc(CCCCC)cc4)cc3)cc2)cc1. The Morgan fingerprint density at radius 2 is 0.359 bits per heavy atom. The predicted octanol–water partition coefficient (Wildman–Crippen LogP) is 19.2. The third-order valence-electron chi connectivity index (χ3n) is 14.4. The van der Waals surface area contributed by atoms with Crippen molar-refractivity contribution in [3.05, 3.63) is 283 Å². The number of unbranched alkanes of at least 4 members (excludes halogenated alkanes) is 8. The van der Waals surface area contributed by atoms with Gasteiger partial charge in [0, 0.05) is 44.5 Å². The molecule has 0 radical (unpaired) electrons. The summed E-state index contributed by atoms with van der Waals surface area (Å²) >= 11 is 0. The lowest BCUT2D eigenvalue weighted by atomic mass is 9.85. The van der Waals surface area contributed by atoms with Crippen LogP contribution in [0.3, 0.4) is 0 Å². The molecule has 0 aliphatic heterocycles. The molecule has 0 aliphatic carbocycles. The second kappa shape index (κ2) is 30.5. The summed E-state index contributed by atoms with van der Waals surface area (Å²) in [5.74, 6) is 27.6. The largest absolute Gasteiger partial charge is 0.0654 e. The molecular formula is C78H76. The highest BCUT2D eigenvalue weighted by atomic mass is 14.2. The van der Waals surface area contributed by atoms with Crippen LogP contribution in [-0.2, 0) is 25.7 Å². The van der Waals surface area contributed by atoms with Gasteiger partial charge in [-0.15, -0.1) is 0 Å². The summed E-state index contributed by atoms with van der Waals surface area (Å²) in [6.07, 6.45) is 19.3. The van der Waals surface area contributed by atoms with Crippen LogP contribution >= 0.6 is 0 Å². The third-order valence-corrected chi connectivity index (χ3v) is 14.4. The molecule has 0 aromatic heterocycles. The van der Waals surface area contributed by atoms with E-state index in [1.165, 1.54) is 99.3 Å². The van der Waals surface area contributed by atoms with E-state index in [1.54, 1.807) is 0 Å². The second-order valence-electron chi connectivity index (χ2n) is 20.7. The molecule has 0 saturated carbocycles. The Bertz CT molecular complexity index is 2940. The molecule has 0 nitrogen and oxygen atoms in total. The molecule has 0 heterocycles. The van der Waals surface area contributed by atoms with Crippen molar-refractivity contribution in [2.24, 2.45) is 0 Å². The fourth-order valence-corrected chi connectivity index (χ4v) is 9.70. The molecule has 78 heavy (non-hydrogen) atoms. The molecule has 8 rings (SSSR count). The van der Waals surface area contributed by atoms with E-state index in [4.69, 9.17) is 0 Å². The molecule has 0 bridgehead atoms. The van der Waals surface area contributed by atoms with Crippen molar-refractivity contribution >= 4 is 11.1 Å². The van der Waals surface area contributed by atoms with E-state index in [0.29, 0.717) is 0 Å². The lowest BCUT2D eigenvalue weighted by molar-refractivity contribution is 0.717. The smallest absolute Gasteiger partial charge is 0.0249 e. The van der Waals surface area contributed by atoms with Crippen molar-refractivity contribution < 1.29 is 0 Å². The van der Waals surface area contributed by atoms with Crippen LogP contribution in [-0.4, -0.2) is 0 Å². The average Bonchev–Trinajstić information content (AvgIpc) is 3.52. The highest BCUT2D eigenvalue weighted by molar-refractivity contribution is 6.04. The normalized spacial score (nSPS) is 10.5. The molecule has 0 unspecified atom stereocenters. The zero-order chi connectivity index (χ0) is 54.0.